The van der Waals surface area contributed by atoms with Crippen molar-refractivity contribution in [2.75, 3.05) is 12.4 Å². The van der Waals surface area contributed by atoms with Crippen molar-refractivity contribution in [3.8, 4) is 5.75 Å². The van der Waals surface area contributed by atoms with Crippen LogP contribution in [0.15, 0.2) is 18.2 Å². The molecule has 0 saturated heterocycles. The Morgan fingerprint density at radius 1 is 1.32 bits per heavy atom. The second-order valence-corrected chi connectivity index (χ2v) is 10.0. The van der Waals surface area contributed by atoms with Crippen LogP contribution in [0.4, 0.5) is 5.13 Å². The van der Waals surface area contributed by atoms with Gasteiger partial charge in [0, 0.05) is 4.87 Å². The monoisotopic (exact) mass is 376 g/mol. The number of carbonyl (C=O) groups is 1. The molecule has 4 aliphatic rings. The van der Waals surface area contributed by atoms with Gasteiger partial charge in [-0.2, -0.15) is 0 Å². The summed E-state index contributed by atoms with van der Waals surface area (Å²) in [4.78, 5) is 17.6. The van der Waals surface area contributed by atoms with Crippen molar-refractivity contribution in [1.29, 1.82) is 0 Å². The van der Waals surface area contributed by atoms with Crippen molar-refractivity contribution >= 4 is 44.2 Å². The van der Waals surface area contributed by atoms with Gasteiger partial charge < -0.3 is 10.1 Å². The van der Waals surface area contributed by atoms with Crippen LogP contribution in [0.1, 0.15) is 38.5 Å². The molecule has 1 N–H and O–H groups in total. The molecule has 0 unspecified atom stereocenters. The molecule has 0 spiro atoms. The zero-order valence-electron chi connectivity index (χ0n) is 14.2. The SMILES string of the molecule is COc1ccc2nc(NC(=O)C34C[C@@H]5C[C@H](CC(Cl)(C5)C3)C4)sc2c1. The number of benzene rings is 1. The third kappa shape index (κ3) is 2.55. The van der Waals surface area contributed by atoms with Crippen LogP contribution in [0.25, 0.3) is 10.2 Å². The smallest absolute Gasteiger partial charge is 0.232 e. The first-order valence-electron chi connectivity index (χ1n) is 8.92. The molecule has 6 rings (SSSR count). The van der Waals surface area contributed by atoms with Crippen LogP contribution in [-0.2, 0) is 4.79 Å². The molecule has 1 aromatic carbocycles. The van der Waals surface area contributed by atoms with Crippen LogP contribution in [0.5, 0.6) is 5.75 Å². The van der Waals surface area contributed by atoms with Crippen LogP contribution in [0.2, 0.25) is 0 Å². The number of anilines is 1. The fourth-order valence-corrected chi connectivity index (χ4v) is 7.31. The summed E-state index contributed by atoms with van der Waals surface area (Å²) in [6.07, 6.45) is 6.22. The Balaban J connectivity index is 1.42. The summed E-state index contributed by atoms with van der Waals surface area (Å²) in [5.41, 5.74) is 0.599. The lowest BCUT2D eigenvalue weighted by molar-refractivity contribution is -0.138. The fraction of sp³-hybridized carbons (Fsp3) is 0.579. The predicted molar refractivity (Wildman–Crippen MR) is 101 cm³/mol. The van der Waals surface area contributed by atoms with Gasteiger partial charge in [-0.3, -0.25) is 4.79 Å². The Morgan fingerprint density at radius 3 is 2.76 bits per heavy atom. The van der Waals surface area contributed by atoms with E-state index in [1.165, 1.54) is 17.8 Å². The molecule has 4 fully saturated rings. The normalized spacial score (nSPS) is 35.9. The van der Waals surface area contributed by atoms with Gasteiger partial charge >= 0.3 is 0 Å². The Hall–Kier alpha value is -1.33. The first kappa shape index (κ1) is 15.9. The number of halogens is 1. The Morgan fingerprint density at radius 2 is 2.08 bits per heavy atom. The summed E-state index contributed by atoms with van der Waals surface area (Å²) in [7, 11) is 1.65. The molecule has 25 heavy (non-hydrogen) atoms. The quantitative estimate of drug-likeness (QED) is 0.781. The Bertz CT molecular complexity index is 850. The second-order valence-electron chi connectivity index (χ2n) is 8.20. The van der Waals surface area contributed by atoms with E-state index in [2.05, 4.69) is 10.3 Å². The number of ether oxygens (including phenoxy) is 1. The third-order valence-electron chi connectivity index (χ3n) is 6.29. The molecule has 6 heteroatoms. The molecule has 4 saturated carbocycles. The molecular formula is C19H21ClN2O2S. The van der Waals surface area contributed by atoms with Crippen molar-refractivity contribution in [3.63, 3.8) is 0 Å². The zero-order valence-corrected chi connectivity index (χ0v) is 15.8. The number of aromatic nitrogens is 1. The molecule has 2 atom stereocenters. The average molecular weight is 377 g/mol. The highest BCUT2D eigenvalue weighted by atomic mass is 35.5. The van der Waals surface area contributed by atoms with E-state index >= 15 is 0 Å². The highest BCUT2D eigenvalue weighted by Crippen LogP contribution is 2.64. The number of methoxy groups -OCH3 is 1. The second kappa shape index (κ2) is 5.34. The molecule has 132 valence electrons. The number of hydrogen-bond donors (Lipinski definition) is 1. The van der Waals surface area contributed by atoms with Crippen molar-refractivity contribution in [2.24, 2.45) is 17.3 Å². The number of rotatable bonds is 3. The van der Waals surface area contributed by atoms with Gasteiger partial charge in [0.1, 0.15) is 5.75 Å². The zero-order chi connectivity index (χ0) is 17.2. The molecule has 4 aliphatic carbocycles. The predicted octanol–water partition coefficient (Wildman–Crippen LogP) is 4.82. The molecule has 4 nitrogen and oxygen atoms in total. The average Bonchev–Trinajstić information content (AvgIpc) is 2.93. The standard InChI is InChI=1S/C19H21ClN2O2S/c1-24-13-2-3-14-15(5-13)25-17(21-14)22-16(23)18-6-11-4-12(7-18)9-19(20,8-11)10-18/h2-3,5,11-12H,4,6-10H2,1H3,(H,21,22,23)/t11-,12-,18?,19?/m0/s1. The van der Waals surface area contributed by atoms with Crippen molar-refractivity contribution < 1.29 is 9.53 Å². The lowest BCUT2D eigenvalue weighted by Gasteiger charge is -2.59. The van der Waals surface area contributed by atoms with E-state index in [0.717, 1.165) is 48.1 Å². The number of fused-ring (bicyclic) bond motifs is 1. The molecule has 2 aromatic rings. The minimum Gasteiger partial charge on any atom is -0.497 e. The Kier molecular flexibility index (Phi) is 3.39. The van der Waals surface area contributed by atoms with Gasteiger partial charge in [-0.05, 0) is 68.6 Å². The van der Waals surface area contributed by atoms with Crippen LogP contribution in [0, 0.1) is 17.3 Å². The first-order valence-corrected chi connectivity index (χ1v) is 10.1. The van der Waals surface area contributed by atoms with Crippen molar-refractivity contribution in [2.45, 2.75) is 43.4 Å². The number of nitrogens with zero attached hydrogens (tertiary/aromatic N) is 1. The fourth-order valence-electron chi connectivity index (χ4n) is 5.73. The van der Waals surface area contributed by atoms with Gasteiger partial charge in [-0.15, -0.1) is 11.6 Å². The van der Waals surface area contributed by atoms with Gasteiger partial charge in [0.25, 0.3) is 0 Å². The van der Waals surface area contributed by atoms with Gasteiger partial charge in [-0.1, -0.05) is 11.3 Å². The minimum absolute atomic E-state index is 0.123. The molecule has 0 aliphatic heterocycles. The summed E-state index contributed by atoms with van der Waals surface area (Å²) in [6, 6.07) is 5.78. The summed E-state index contributed by atoms with van der Waals surface area (Å²) < 4.78 is 6.29. The molecule has 0 radical (unpaired) electrons. The van der Waals surface area contributed by atoms with E-state index in [-0.39, 0.29) is 16.2 Å². The largest absolute Gasteiger partial charge is 0.497 e. The third-order valence-corrected chi connectivity index (χ3v) is 7.66. The molecular weight excluding hydrogens is 356 g/mol. The lowest BCUT2D eigenvalue weighted by atomic mass is 9.49. The number of thiazole rings is 1. The van der Waals surface area contributed by atoms with E-state index < -0.39 is 0 Å². The summed E-state index contributed by atoms with van der Waals surface area (Å²) in [5, 5.41) is 3.79. The van der Waals surface area contributed by atoms with E-state index in [0.29, 0.717) is 17.0 Å². The van der Waals surface area contributed by atoms with Gasteiger partial charge in [-0.25, -0.2) is 4.98 Å². The highest BCUT2D eigenvalue weighted by Gasteiger charge is 2.60. The molecule has 4 bridgehead atoms. The van der Waals surface area contributed by atoms with Crippen molar-refractivity contribution in [3.05, 3.63) is 18.2 Å². The van der Waals surface area contributed by atoms with Gasteiger partial charge in [0.15, 0.2) is 5.13 Å². The van der Waals surface area contributed by atoms with E-state index in [4.69, 9.17) is 16.3 Å². The summed E-state index contributed by atoms with van der Waals surface area (Å²) in [6.45, 7) is 0. The first-order chi connectivity index (χ1) is 12.0. The van der Waals surface area contributed by atoms with Crippen LogP contribution < -0.4 is 10.1 Å². The van der Waals surface area contributed by atoms with Gasteiger partial charge in [0.05, 0.1) is 22.7 Å². The molecule has 1 aromatic heterocycles. The Labute approximate surface area is 155 Å². The highest BCUT2D eigenvalue weighted by molar-refractivity contribution is 7.22. The van der Waals surface area contributed by atoms with E-state index in [1.807, 2.05) is 18.2 Å². The van der Waals surface area contributed by atoms with E-state index in [9.17, 15) is 4.79 Å². The van der Waals surface area contributed by atoms with Crippen molar-refractivity contribution in [1.82, 2.24) is 4.98 Å². The van der Waals surface area contributed by atoms with E-state index in [1.54, 1.807) is 7.11 Å². The maximum Gasteiger partial charge on any atom is 0.232 e. The molecule has 1 amide bonds. The number of nitrogens with one attached hydrogen (secondary N) is 1. The van der Waals surface area contributed by atoms with Crippen LogP contribution in [-0.4, -0.2) is 22.9 Å². The number of hydrogen-bond acceptors (Lipinski definition) is 4. The maximum atomic E-state index is 13.2. The number of alkyl halides is 1. The topological polar surface area (TPSA) is 51.2 Å². The number of carbonyl (C=O) groups excluding carboxylic acids is 1. The number of amides is 1. The van der Waals surface area contributed by atoms with Gasteiger partial charge in [0.2, 0.25) is 5.91 Å². The van der Waals surface area contributed by atoms with Crippen LogP contribution >= 0.6 is 22.9 Å². The van der Waals surface area contributed by atoms with Crippen LogP contribution in [0.3, 0.4) is 0 Å². The minimum atomic E-state index is -0.290. The molecule has 1 heterocycles. The maximum absolute atomic E-state index is 13.2. The summed E-state index contributed by atoms with van der Waals surface area (Å²) in [5.74, 6) is 2.16. The summed E-state index contributed by atoms with van der Waals surface area (Å²) >= 11 is 8.36. The lowest BCUT2D eigenvalue weighted by Crippen LogP contribution is -2.57.